The van der Waals surface area contributed by atoms with Gasteiger partial charge in [-0.05, 0) is 19.9 Å². The number of anilines is 1. The number of benzene rings is 1. The number of rotatable bonds is 6. The zero-order valence-corrected chi connectivity index (χ0v) is 12.6. The van der Waals surface area contributed by atoms with Crippen molar-refractivity contribution in [1.82, 2.24) is 5.32 Å². The van der Waals surface area contributed by atoms with Crippen LogP contribution in [0.25, 0.3) is 0 Å². The molecule has 7 heteroatoms. The van der Waals surface area contributed by atoms with E-state index in [1.54, 1.807) is 6.92 Å². The second-order valence-corrected chi connectivity index (χ2v) is 4.24. The molecule has 7 nitrogen and oxygen atoms in total. The molecule has 0 heterocycles. The molecule has 3 N–H and O–H groups in total. The Morgan fingerprint density at radius 3 is 2.33 bits per heavy atom. The van der Waals surface area contributed by atoms with Crippen LogP contribution in [0, 0.1) is 0 Å². The number of nitrogen functional groups attached to an aromatic ring is 1. The fraction of sp³-hybridized carbons (Fsp3) is 0.429. The van der Waals surface area contributed by atoms with Crippen LogP contribution in [0.3, 0.4) is 0 Å². The molecule has 1 amide bonds. The van der Waals surface area contributed by atoms with E-state index in [4.69, 9.17) is 19.9 Å². The Morgan fingerprint density at radius 2 is 1.81 bits per heavy atom. The molecule has 0 saturated heterocycles. The summed E-state index contributed by atoms with van der Waals surface area (Å²) in [4.78, 5) is 23.7. The SMILES string of the molecule is CCOC(=O)C(C)NC(=O)c1cc(OC)c(OC)cc1N. The number of amides is 1. The molecule has 1 aromatic rings. The van der Waals surface area contributed by atoms with Gasteiger partial charge in [-0.3, -0.25) is 4.79 Å². The van der Waals surface area contributed by atoms with E-state index in [1.165, 1.54) is 33.3 Å². The molecule has 1 unspecified atom stereocenters. The van der Waals surface area contributed by atoms with Crippen LogP contribution in [0.2, 0.25) is 0 Å². The molecule has 1 aromatic carbocycles. The first-order chi connectivity index (χ1) is 9.94. The summed E-state index contributed by atoms with van der Waals surface area (Å²) in [5.74, 6) is -0.204. The van der Waals surface area contributed by atoms with Crippen molar-refractivity contribution in [1.29, 1.82) is 0 Å². The molecule has 0 saturated carbocycles. The van der Waals surface area contributed by atoms with E-state index < -0.39 is 17.9 Å². The second kappa shape index (κ2) is 7.37. The number of nitrogens with two attached hydrogens (primary N) is 1. The highest BCUT2D eigenvalue weighted by Gasteiger charge is 2.20. The fourth-order valence-electron chi connectivity index (χ4n) is 1.69. The fourth-order valence-corrected chi connectivity index (χ4v) is 1.69. The third-order valence-corrected chi connectivity index (χ3v) is 2.79. The Hall–Kier alpha value is -2.44. The number of esters is 1. The molecule has 0 radical (unpaired) electrons. The summed E-state index contributed by atoms with van der Waals surface area (Å²) < 4.78 is 15.0. The van der Waals surface area contributed by atoms with Crippen molar-refractivity contribution in [3.05, 3.63) is 17.7 Å². The molecule has 1 atom stereocenters. The van der Waals surface area contributed by atoms with Crippen LogP contribution in [0.15, 0.2) is 12.1 Å². The van der Waals surface area contributed by atoms with E-state index in [2.05, 4.69) is 5.32 Å². The molecule has 1 rings (SSSR count). The standard InChI is InChI=1S/C14H20N2O5/c1-5-21-14(18)8(2)16-13(17)9-6-11(19-3)12(20-4)7-10(9)15/h6-8H,5,15H2,1-4H3,(H,16,17). The molecule has 0 fully saturated rings. The summed E-state index contributed by atoms with van der Waals surface area (Å²) in [6.07, 6.45) is 0. The maximum Gasteiger partial charge on any atom is 0.328 e. The van der Waals surface area contributed by atoms with Gasteiger partial charge in [-0.25, -0.2) is 4.79 Å². The largest absolute Gasteiger partial charge is 0.493 e. The van der Waals surface area contributed by atoms with Gasteiger partial charge in [-0.2, -0.15) is 0 Å². The monoisotopic (exact) mass is 296 g/mol. The van der Waals surface area contributed by atoms with Gasteiger partial charge in [0.1, 0.15) is 6.04 Å². The minimum absolute atomic E-state index is 0.198. The van der Waals surface area contributed by atoms with Crippen molar-refractivity contribution in [2.24, 2.45) is 0 Å². The van der Waals surface area contributed by atoms with Gasteiger partial charge in [0, 0.05) is 11.8 Å². The van der Waals surface area contributed by atoms with Crippen LogP contribution in [0.1, 0.15) is 24.2 Å². The quantitative estimate of drug-likeness (QED) is 0.599. The molecule has 0 aliphatic carbocycles. The number of carbonyl (C=O) groups excluding carboxylic acids is 2. The molecular weight excluding hydrogens is 276 g/mol. The van der Waals surface area contributed by atoms with E-state index in [0.717, 1.165) is 0 Å². The normalized spacial score (nSPS) is 11.4. The Kier molecular flexibility index (Phi) is 5.83. The third-order valence-electron chi connectivity index (χ3n) is 2.79. The summed E-state index contributed by atoms with van der Waals surface area (Å²) in [7, 11) is 2.93. The smallest absolute Gasteiger partial charge is 0.328 e. The number of nitrogens with one attached hydrogen (secondary N) is 1. The van der Waals surface area contributed by atoms with E-state index >= 15 is 0 Å². The maximum absolute atomic E-state index is 12.2. The van der Waals surface area contributed by atoms with E-state index in [9.17, 15) is 9.59 Å². The minimum atomic E-state index is -0.773. The summed E-state index contributed by atoms with van der Waals surface area (Å²) in [6, 6.07) is 2.18. The molecule has 0 aliphatic rings. The first-order valence-electron chi connectivity index (χ1n) is 6.43. The molecular formula is C14H20N2O5. The van der Waals surface area contributed by atoms with Crippen LogP contribution >= 0.6 is 0 Å². The molecule has 21 heavy (non-hydrogen) atoms. The average Bonchev–Trinajstić information content (AvgIpc) is 2.46. The van der Waals surface area contributed by atoms with Crippen molar-refractivity contribution < 1.29 is 23.8 Å². The van der Waals surface area contributed by atoms with Gasteiger partial charge in [0.25, 0.3) is 5.91 Å². The zero-order valence-electron chi connectivity index (χ0n) is 12.6. The first-order valence-corrected chi connectivity index (χ1v) is 6.43. The van der Waals surface area contributed by atoms with Gasteiger partial charge in [-0.15, -0.1) is 0 Å². The molecule has 0 aliphatic heterocycles. The van der Waals surface area contributed by atoms with Gasteiger partial charge in [0.05, 0.1) is 26.4 Å². The van der Waals surface area contributed by atoms with Crippen LogP contribution in [0.5, 0.6) is 11.5 Å². The predicted octanol–water partition coefficient (Wildman–Crippen LogP) is 0.967. The third kappa shape index (κ3) is 4.01. The van der Waals surface area contributed by atoms with E-state index in [1.807, 2.05) is 0 Å². The Morgan fingerprint density at radius 1 is 1.24 bits per heavy atom. The summed E-state index contributed by atoms with van der Waals surface area (Å²) in [5, 5.41) is 2.52. The van der Waals surface area contributed by atoms with Gasteiger partial charge < -0.3 is 25.3 Å². The van der Waals surface area contributed by atoms with Crippen molar-refractivity contribution in [3.63, 3.8) is 0 Å². The highest BCUT2D eigenvalue weighted by molar-refractivity contribution is 6.01. The topological polar surface area (TPSA) is 99.9 Å². The minimum Gasteiger partial charge on any atom is -0.493 e. The number of hydrogen-bond donors (Lipinski definition) is 2. The predicted molar refractivity (Wildman–Crippen MR) is 77.5 cm³/mol. The van der Waals surface area contributed by atoms with Crippen molar-refractivity contribution in [2.45, 2.75) is 19.9 Å². The van der Waals surface area contributed by atoms with Crippen LogP contribution in [-0.4, -0.2) is 38.7 Å². The lowest BCUT2D eigenvalue weighted by Gasteiger charge is -2.15. The van der Waals surface area contributed by atoms with Gasteiger partial charge in [-0.1, -0.05) is 0 Å². The van der Waals surface area contributed by atoms with Crippen molar-refractivity contribution in [3.8, 4) is 11.5 Å². The maximum atomic E-state index is 12.2. The Balaban J connectivity index is 2.95. The molecule has 0 aromatic heterocycles. The van der Waals surface area contributed by atoms with Gasteiger partial charge in [0.2, 0.25) is 0 Å². The highest BCUT2D eigenvalue weighted by atomic mass is 16.5. The van der Waals surface area contributed by atoms with E-state index in [0.29, 0.717) is 11.5 Å². The molecule has 116 valence electrons. The van der Waals surface area contributed by atoms with Crippen molar-refractivity contribution in [2.75, 3.05) is 26.6 Å². The Labute approximate surface area is 123 Å². The molecule has 0 bridgehead atoms. The number of ether oxygens (including phenoxy) is 3. The van der Waals surface area contributed by atoms with E-state index in [-0.39, 0.29) is 17.9 Å². The number of carbonyl (C=O) groups is 2. The average molecular weight is 296 g/mol. The van der Waals surface area contributed by atoms with Crippen LogP contribution in [-0.2, 0) is 9.53 Å². The second-order valence-electron chi connectivity index (χ2n) is 4.24. The lowest BCUT2D eigenvalue weighted by atomic mass is 10.1. The Bertz CT molecular complexity index is 530. The zero-order chi connectivity index (χ0) is 16.0. The summed E-state index contributed by atoms with van der Waals surface area (Å²) in [6.45, 7) is 3.48. The number of methoxy groups -OCH3 is 2. The lowest BCUT2D eigenvalue weighted by molar-refractivity contribution is -0.144. The van der Waals surface area contributed by atoms with Crippen LogP contribution in [0.4, 0.5) is 5.69 Å². The van der Waals surface area contributed by atoms with Crippen molar-refractivity contribution >= 4 is 17.6 Å². The summed E-state index contributed by atoms with van der Waals surface area (Å²) in [5.41, 5.74) is 6.24. The lowest BCUT2D eigenvalue weighted by Crippen LogP contribution is -2.39. The first kappa shape index (κ1) is 16.6. The van der Waals surface area contributed by atoms with Crippen LogP contribution < -0.4 is 20.5 Å². The summed E-state index contributed by atoms with van der Waals surface area (Å²) >= 11 is 0. The van der Waals surface area contributed by atoms with Gasteiger partial charge >= 0.3 is 5.97 Å². The molecule has 0 spiro atoms. The number of hydrogen-bond acceptors (Lipinski definition) is 6. The highest BCUT2D eigenvalue weighted by Crippen LogP contribution is 2.31. The van der Waals surface area contributed by atoms with Gasteiger partial charge in [0.15, 0.2) is 11.5 Å².